The summed E-state index contributed by atoms with van der Waals surface area (Å²) in [5, 5.41) is 8.05. The number of hydrogen-bond donors (Lipinski definition) is 2. The van der Waals surface area contributed by atoms with Gasteiger partial charge in [0.05, 0.1) is 5.56 Å². The molecule has 1 heterocycles. The van der Waals surface area contributed by atoms with E-state index in [1.807, 2.05) is 6.92 Å². The molecular weight excluding hydrogens is 268 g/mol. The Morgan fingerprint density at radius 3 is 2.63 bits per heavy atom. The molecule has 0 saturated carbocycles. The van der Waals surface area contributed by atoms with Gasteiger partial charge in [0.1, 0.15) is 10.9 Å². The molecule has 0 spiro atoms. The summed E-state index contributed by atoms with van der Waals surface area (Å²) in [6.07, 6.45) is 1.59. The molecule has 0 bridgehead atoms. The summed E-state index contributed by atoms with van der Waals surface area (Å²) in [5.41, 5.74) is 6.84. The van der Waals surface area contributed by atoms with Crippen LogP contribution < -0.4 is 5.73 Å². The van der Waals surface area contributed by atoms with Crippen LogP contribution in [0.3, 0.4) is 0 Å². The molecular formula is C13H11F2N3S. The highest BCUT2D eigenvalue weighted by Crippen LogP contribution is 2.30. The first-order valence-corrected chi connectivity index (χ1v) is 6.23. The van der Waals surface area contributed by atoms with E-state index in [2.05, 4.69) is 4.98 Å². The fourth-order valence-corrected chi connectivity index (χ4v) is 2.60. The lowest BCUT2D eigenvalue weighted by Gasteiger charge is -2.09. The number of benzene rings is 1. The van der Waals surface area contributed by atoms with Crippen molar-refractivity contribution in [3.8, 4) is 0 Å². The number of amidine groups is 1. The summed E-state index contributed by atoms with van der Waals surface area (Å²) >= 11 is 1.14. The Kier molecular flexibility index (Phi) is 3.80. The molecule has 0 atom stereocenters. The maximum absolute atomic E-state index is 13.1. The lowest BCUT2D eigenvalue weighted by Crippen LogP contribution is -2.14. The lowest BCUT2D eigenvalue weighted by molar-refractivity contribution is 0.506. The zero-order chi connectivity index (χ0) is 14.0. The van der Waals surface area contributed by atoms with Crippen molar-refractivity contribution >= 4 is 17.6 Å². The molecule has 3 N–H and O–H groups in total. The van der Waals surface area contributed by atoms with Crippen LogP contribution in [0.15, 0.2) is 40.4 Å². The Morgan fingerprint density at radius 2 is 2.00 bits per heavy atom. The van der Waals surface area contributed by atoms with Gasteiger partial charge in [-0.1, -0.05) is 11.8 Å². The summed E-state index contributed by atoms with van der Waals surface area (Å²) in [5.74, 6) is -1.91. The van der Waals surface area contributed by atoms with Crippen molar-refractivity contribution in [2.75, 3.05) is 0 Å². The third kappa shape index (κ3) is 2.90. The van der Waals surface area contributed by atoms with Crippen molar-refractivity contribution in [2.45, 2.75) is 16.8 Å². The van der Waals surface area contributed by atoms with Gasteiger partial charge in [0, 0.05) is 11.1 Å². The van der Waals surface area contributed by atoms with Crippen LogP contribution >= 0.6 is 11.8 Å². The molecule has 0 radical (unpaired) electrons. The van der Waals surface area contributed by atoms with Gasteiger partial charge in [0.15, 0.2) is 11.6 Å². The second kappa shape index (κ2) is 5.36. The molecule has 0 amide bonds. The number of halogens is 2. The van der Waals surface area contributed by atoms with Gasteiger partial charge in [0.25, 0.3) is 0 Å². The van der Waals surface area contributed by atoms with Crippen LogP contribution in [0.5, 0.6) is 0 Å². The fraction of sp³-hybridized carbons (Fsp3) is 0.0769. The summed E-state index contributed by atoms with van der Waals surface area (Å²) in [6, 6.07) is 5.35. The van der Waals surface area contributed by atoms with E-state index in [1.54, 1.807) is 12.3 Å². The van der Waals surface area contributed by atoms with Gasteiger partial charge < -0.3 is 5.73 Å². The minimum atomic E-state index is -0.915. The molecule has 0 unspecified atom stereocenters. The Labute approximate surface area is 113 Å². The molecule has 2 rings (SSSR count). The van der Waals surface area contributed by atoms with E-state index in [1.165, 1.54) is 6.07 Å². The van der Waals surface area contributed by atoms with Gasteiger partial charge in [0.2, 0.25) is 0 Å². The summed E-state index contributed by atoms with van der Waals surface area (Å²) in [6.45, 7) is 1.81. The largest absolute Gasteiger partial charge is 0.384 e. The number of nitrogens with two attached hydrogens (primary N) is 1. The second-order valence-electron chi connectivity index (χ2n) is 3.90. The number of nitrogens with one attached hydrogen (secondary N) is 1. The Bertz CT molecular complexity index is 644. The number of hydrogen-bond acceptors (Lipinski definition) is 3. The van der Waals surface area contributed by atoms with Gasteiger partial charge in [-0.05, 0) is 36.8 Å². The first-order valence-electron chi connectivity index (χ1n) is 5.42. The molecule has 1 aromatic heterocycles. The average Bonchev–Trinajstić information content (AvgIpc) is 2.33. The van der Waals surface area contributed by atoms with E-state index in [0.717, 1.165) is 29.5 Å². The Morgan fingerprint density at radius 1 is 1.26 bits per heavy atom. The van der Waals surface area contributed by atoms with Gasteiger partial charge in [-0.2, -0.15) is 0 Å². The Balaban J connectivity index is 2.40. The molecule has 6 heteroatoms. The highest BCUT2D eigenvalue weighted by molar-refractivity contribution is 7.99. The van der Waals surface area contributed by atoms with Crippen molar-refractivity contribution in [1.82, 2.24) is 4.98 Å². The van der Waals surface area contributed by atoms with Crippen molar-refractivity contribution in [2.24, 2.45) is 5.73 Å². The first kappa shape index (κ1) is 13.5. The van der Waals surface area contributed by atoms with E-state index in [-0.39, 0.29) is 5.84 Å². The predicted molar refractivity (Wildman–Crippen MR) is 70.5 cm³/mol. The molecule has 0 aliphatic heterocycles. The number of aromatic nitrogens is 1. The molecule has 0 fully saturated rings. The number of nitrogens with zero attached hydrogens (tertiary/aromatic N) is 1. The number of pyridine rings is 1. The first-order chi connectivity index (χ1) is 8.99. The van der Waals surface area contributed by atoms with Crippen molar-refractivity contribution in [3.63, 3.8) is 0 Å². The lowest BCUT2D eigenvalue weighted by atomic mass is 10.1. The van der Waals surface area contributed by atoms with E-state index < -0.39 is 11.6 Å². The van der Waals surface area contributed by atoms with E-state index >= 15 is 0 Å². The summed E-state index contributed by atoms with van der Waals surface area (Å²) < 4.78 is 26.0. The van der Waals surface area contributed by atoms with Gasteiger partial charge in [-0.15, -0.1) is 0 Å². The van der Waals surface area contributed by atoms with Crippen LogP contribution in [0, 0.1) is 24.0 Å². The molecule has 2 aromatic rings. The monoisotopic (exact) mass is 279 g/mol. The zero-order valence-electron chi connectivity index (χ0n) is 10.1. The molecule has 0 aliphatic rings. The van der Waals surface area contributed by atoms with Crippen LogP contribution in [-0.2, 0) is 0 Å². The minimum absolute atomic E-state index is 0.101. The number of aryl methyl sites for hydroxylation is 1. The Hall–Kier alpha value is -1.95. The molecule has 0 saturated heterocycles. The van der Waals surface area contributed by atoms with Crippen molar-refractivity contribution < 1.29 is 8.78 Å². The third-order valence-corrected chi connectivity index (χ3v) is 3.49. The fourth-order valence-electron chi connectivity index (χ4n) is 1.59. The highest BCUT2D eigenvalue weighted by atomic mass is 32.2. The van der Waals surface area contributed by atoms with Crippen molar-refractivity contribution in [1.29, 1.82) is 5.41 Å². The van der Waals surface area contributed by atoms with E-state index in [4.69, 9.17) is 11.1 Å². The van der Waals surface area contributed by atoms with Crippen LogP contribution in [0.25, 0.3) is 0 Å². The highest BCUT2D eigenvalue weighted by Gasteiger charge is 2.12. The van der Waals surface area contributed by atoms with Crippen molar-refractivity contribution in [3.05, 3.63) is 53.2 Å². The third-order valence-electron chi connectivity index (χ3n) is 2.50. The van der Waals surface area contributed by atoms with E-state index in [9.17, 15) is 8.78 Å². The SMILES string of the molecule is Cc1ccnc(Sc2ccc(F)c(F)c2)c1C(=N)N. The molecule has 0 aliphatic carbocycles. The molecule has 3 nitrogen and oxygen atoms in total. The summed E-state index contributed by atoms with van der Waals surface area (Å²) in [7, 11) is 0. The quantitative estimate of drug-likeness (QED) is 0.670. The summed E-state index contributed by atoms with van der Waals surface area (Å²) in [4.78, 5) is 4.63. The van der Waals surface area contributed by atoms with E-state index in [0.29, 0.717) is 15.5 Å². The molecule has 19 heavy (non-hydrogen) atoms. The minimum Gasteiger partial charge on any atom is -0.384 e. The topological polar surface area (TPSA) is 62.8 Å². The van der Waals surface area contributed by atoms with Gasteiger partial charge >= 0.3 is 0 Å². The maximum Gasteiger partial charge on any atom is 0.159 e. The normalized spacial score (nSPS) is 10.5. The number of nitrogen functional groups attached to an aromatic ring is 1. The average molecular weight is 279 g/mol. The maximum atomic E-state index is 13.1. The zero-order valence-corrected chi connectivity index (χ0v) is 10.9. The van der Waals surface area contributed by atoms with Gasteiger partial charge in [-0.25, -0.2) is 13.8 Å². The van der Waals surface area contributed by atoms with Gasteiger partial charge in [-0.3, -0.25) is 5.41 Å². The predicted octanol–water partition coefficient (Wildman–Crippen LogP) is 3.10. The smallest absolute Gasteiger partial charge is 0.159 e. The number of rotatable bonds is 3. The molecule has 98 valence electrons. The van der Waals surface area contributed by atoms with Crippen LogP contribution in [0.1, 0.15) is 11.1 Å². The van der Waals surface area contributed by atoms with Crippen LogP contribution in [0.4, 0.5) is 8.78 Å². The second-order valence-corrected chi connectivity index (χ2v) is 4.96. The van der Waals surface area contributed by atoms with Crippen LogP contribution in [0.2, 0.25) is 0 Å². The van der Waals surface area contributed by atoms with Crippen LogP contribution in [-0.4, -0.2) is 10.8 Å². The standard InChI is InChI=1S/C13H11F2N3S/c1-7-4-5-18-13(11(7)12(16)17)19-8-2-3-9(14)10(15)6-8/h2-6H,1H3,(H3,16,17). The molecule has 1 aromatic carbocycles.